The molecule has 1 saturated heterocycles. The first-order chi connectivity index (χ1) is 10.1. The summed E-state index contributed by atoms with van der Waals surface area (Å²) in [6.45, 7) is 3.65. The highest BCUT2D eigenvalue weighted by Gasteiger charge is 2.24. The van der Waals surface area contributed by atoms with Gasteiger partial charge in [-0.2, -0.15) is 4.98 Å². The number of hydrogen-bond donors (Lipinski definition) is 1. The zero-order chi connectivity index (χ0) is 14.8. The molecule has 21 heavy (non-hydrogen) atoms. The van der Waals surface area contributed by atoms with Crippen LogP contribution < -0.4 is 15.4 Å². The number of piperidine rings is 1. The number of nitrogens with zero attached hydrogens (tertiary/aromatic N) is 6. The molecule has 1 aliphatic rings. The van der Waals surface area contributed by atoms with E-state index in [9.17, 15) is 0 Å². The second kappa shape index (κ2) is 5.55. The van der Waals surface area contributed by atoms with E-state index in [1.807, 2.05) is 20.0 Å². The summed E-state index contributed by atoms with van der Waals surface area (Å²) in [6.07, 6.45) is 3.52. The van der Waals surface area contributed by atoms with Crippen molar-refractivity contribution < 1.29 is 4.74 Å². The minimum Gasteiger partial charge on any atom is -0.474 e. The molecule has 0 amide bonds. The Morgan fingerprint density at radius 1 is 1.29 bits per heavy atom. The summed E-state index contributed by atoms with van der Waals surface area (Å²) < 4.78 is 7.62. The van der Waals surface area contributed by atoms with E-state index in [0.29, 0.717) is 11.8 Å². The van der Waals surface area contributed by atoms with Crippen molar-refractivity contribution in [3.63, 3.8) is 0 Å². The average molecular weight is 289 g/mol. The van der Waals surface area contributed by atoms with Gasteiger partial charge in [0, 0.05) is 44.7 Å². The number of nitrogens with two attached hydrogens (primary N) is 1. The van der Waals surface area contributed by atoms with E-state index in [4.69, 9.17) is 10.5 Å². The lowest BCUT2D eigenvalue weighted by Gasteiger charge is -2.32. The van der Waals surface area contributed by atoms with Crippen LogP contribution in [0.25, 0.3) is 0 Å². The number of rotatable bonds is 3. The summed E-state index contributed by atoms with van der Waals surface area (Å²) in [5.74, 6) is 1.76. The molecule has 3 heterocycles. The maximum absolute atomic E-state index is 5.91. The van der Waals surface area contributed by atoms with E-state index in [0.717, 1.165) is 37.6 Å². The summed E-state index contributed by atoms with van der Waals surface area (Å²) in [6, 6.07) is 1.86. The normalized spacial score (nSPS) is 16.2. The van der Waals surface area contributed by atoms with Crippen LogP contribution in [0.5, 0.6) is 5.88 Å². The zero-order valence-corrected chi connectivity index (χ0v) is 12.2. The molecule has 3 rings (SSSR count). The van der Waals surface area contributed by atoms with E-state index in [1.165, 1.54) is 6.33 Å². The predicted octanol–water partition coefficient (Wildman–Crippen LogP) is 0.544. The van der Waals surface area contributed by atoms with Crippen molar-refractivity contribution in [2.45, 2.75) is 25.9 Å². The SMILES string of the molecule is Cc1cc(OC2CCN(c3nc(N)nn3C)CC2)ncn1. The third kappa shape index (κ3) is 3.04. The van der Waals surface area contributed by atoms with Gasteiger partial charge in [0.25, 0.3) is 0 Å². The number of aromatic nitrogens is 5. The van der Waals surface area contributed by atoms with Gasteiger partial charge in [-0.05, 0) is 6.92 Å². The fourth-order valence-electron chi connectivity index (χ4n) is 2.51. The fourth-order valence-corrected chi connectivity index (χ4v) is 2.51. The molecule has 0 atom stereocenters. The topological polar surface area (TPSA) is 95.0 Å². The number of nitrogen functional groups attached to an aromatic ring is 1. The van der Waals surface area contributed by atoms with Gasteiger partial charge < -0.3 is 15.4 Å². The molecule has 0 aromatic carbocycles. The Labute approximate surface area is 123 Å². The van der Waals surface area contributed by atoms with Gasteiger partial charge in [-0.25, -0.2) is 14.6 Å². The molecule has 2 aromatic heterocycles. The molecule has 0 spiro atoms. The maximum Gasteiger partial charge on any atom is 0.241 e. The monoisotopic (exact) mass is 289 g/mol. The maximum atomic E-state index is 5.91. The van der Waals surface area contributed by atoms with E-state index in [-0.39, 0.29) is 6.10 Å². The van der Waals surface area contributed by atoms with Crippen molar-refractivity contribution in [1.82, 2.24) is 24.7 Å². The summed E-state index contributed by atoms with van der Waals surface area (Å²) >= 11 is 0. The van der Waals surface area contributed by atoms with Crippen molar-refractivity contribution in [1.29, 1.82) is 0 Å². The number of ether oxygens (including phenoxy) is 1. The molecule has 8 nitrogen and oxygen atoms in total. The molecular formula is C13H19N7O. The molecule has 112 valence electrons. The second-order valence-corrected chi connectivity index (χ2v) is 5.20. The molecule has 2 aromatic rings. The third-order valence-electron chi connectivity index (χ3n) is 3.55. The lowest BCUT2D eigenvalue weighted by atomic mass is 10.1. The van der Waals surface area contributed by atoms with Gasteiger partial charge in [-0.3, -0.25) is 0 Å². The Hall–Kier alpha value is -2.38. The number of hydrogen-bond acceptors (Lipinski definition) is 7. The van der Waals surface area contributed by atoms with Gasteiger partial charge in [0.2, 0.25) is 17.8 Å². The van der Waals surface area contributed by atoms with E-state index < -0.39 is 0 Å². The highest BCUT2D eigenvalue weighted by Crippen LogP contribution is 2.21. The van der Waals surface area contributed by atoms with E-state index >= 15 is 0 Å². The molecule has 0 saturated carbocycles. The molecule has 0 bridgehead atoms. The molecule has 0 unspecified atom stereocenters. The van der Waals surface area contributed by atoms with Crippen LogP contribution in [0, 0.1) is 6.92 Å². The third-order valence-corrected chi connectivity index (χ3v) is 3.55. The molecule has 1 fully saturated rings. The quantitative estimate of drug-likeness (QED) is 0.881. The molecule has 2 N–H and O–H groups in total. The van der Waals surface area contributed by atoms with E-state index in [2.05, 4.69) is 25.0 Å². The van der Waals surface area contributed by atoms with Crippen molar-refractivity contribution in [2.75, 3.05) is 23.7 Å². The van der Waals surface area contributed by atoms with Crippen LogP contribution in [0.1, 0.15) is 18.5 Å². The lowest BCUT2D eigenvalue weighted by Crippen LogP contribution is -2.39. The zero-order valence-electron chi connectivity index (χ0n) is 12.2. The highest BCUT2D eigenvalue weighted by molar-refractivity contribution is 5.35. The first-order valence-electron chi connectivity index (χ1n) is 6.98. The Morgan fingerprint density at radius 2 is 2.05 bits per heavy atom. The van der Waals surface area contributed by atoms with Gasteiger partial charge in [0.15, 0.2) is 0 Å². The number of aryl methyl sites for hydroxylation is 2. The molecular weight excluding hydrogens is 270 g/mol. The van der Waals surface area contributed by atoms with Crippen molar-refractivity contribution in [3.8, 4) is 5.88 Å². The second-order valence-electron chi connectivity index (χ2n) is 5.20. The minimum atomic E-state index is 0.168. The van der Waals surface area contributed by atoms with Gasteiger partial charge in [-0.1, -0.05) is 0 Å². The number of anilines is 2. The Bertz CT molecular complexity index is 619. The Kier molecular flexibility index (Phi) is 3.59. The summed E-state index contributed by atoms with van der Waals surface area (Å²) in [4.78, 5) is 14.6. The molecule has 0 aliphatic carbocycles. The van der Waals surface area contributed by atoms with Crippen molar-refractivity contribution >= 4 is 11.9 Å². The van der Waals surface area contributed by atoms with Gasteiger partial charge in [0.05, 0.1) is 0 Å². The van der Waals surface area contributed by atoms with Crippen LogP contribution >= 0.6 is 0 Å². The molecule has 8 heteroatoms. The van der Waals surface area contributed by atoms with Crippen molar-refractivity contribution in [2.24, 2.45) is 7.05 Å². The van der Waals surface area contributed by atoms with Gasteiger partial charge in [-0.15, -0.1) is 5.10 Å². The van der Waals surface area contributed by atoms with Crippen LogP contribution in [-0.2, 0) is 7.05 Å². The van der Waals surface area contributed by atoms with Crippen LogP contribution in [0.4, 0.5) is 11.9 Å². The standard InChI is InChI=1S/C13H19N7O/c1-9-7-11(16-8-15-9)21-10-3-5-20(6-4-10)13-17-12(14)18-19(13)2/h7-8,10H,3-6H2,1-2H3,(H2,14,18). The average Bonchev–Trinajstić information content (AvgIpc) is 2.79. The lowest BCUT2D eigenvalue weighted by molar-refractivity contribution is 0.163. The fraction of sp³-hybridized carbons (Fsp3) is 0.538. The summed E-state index contributed by atoms with van der Waals surface area (Å²) in [5, 5.41) is 4.08. The first-order valence-corrected chi connectivity index (χ1v) is 6.98. The first kappa shape index (κ1) is 13.6. The Balaban J connectivity index is 1.59. The summed E-state index contributed by atoms with van der Waals surface area (Å²) in [5.41, 5.74) is 6.53. The van der Waals surface area contributed by atoms with Crippen LogP contribution in [0.15, 0.2) is 12.4 Å². The molecule has 0 radical (unpaired) electrons. The minimum absolute atomic E-state index is 0.168. The van der Waals surface area contributed by atoms with E-state index in [1.54, 1.807) is 4.68 Å². The smallest absolute Gasteiger partial charge is 0.241 e. The molecule has 1 aliphatic heterocycles. The van der Waals surface area contributed by atoms with Crippen molar-refractivity contribution in [3.05, 3.63) is 18.1 Å². The largest absolute Gasteiger partial charge is 0.474 e. The summed E-state index contributed by atoms with van der Waals surface area (Å²) in [7, 11) is 1.85. The van der Waals surface area contributed by atoms with Crippen LogP contribution in [0.3, 0.4) is 0 Å². The van der Waals surface area contributed by atoms with Crippen LogP contribution in [-0.4, -0.2) is 43.9 Å². The van der Waals surface area contributed by atoms with Gasteiger partial charge in [0.1, 0.15) is 12.4 Å². The van der Waals surface area contributed by atoms with Crippen LogP contribution in [0.2, 0.25) is 0 Å². The van der Waals surface area contributed by atoms with Gasteiger partial charge >= 0.3 is 0 Å². The Morgan fingerprint density at radius 3 is 2.67 bits per heavy atom. The highest BCUT2D eigenvalue weighted by atomic mass is 16.5. The predicted molar refractivity (Wildman–Crippen MR) is 78.0 cm³/mol.